The largest absolute Gasteiger partial charge is 0.507 e. The lowest BCUT2D eigenvalue weighted by Crippen LogP contribution is -2.20. The molecule has 0 aromatic heterocycles. The highest BCUT2D eigenvalue weighted by Crippen LogP contribution is 2.22. The molecule has 2 nitrogen and oxygen atoms in total. The predicted molar refractivity (Wildman–Crippen MR) is 66.8 cm³/mol. The van der Waals surface area contributed by atoms with Gasteiger partial charge >= 0.3 is 6.18 Å². The second-order valence-corrected chi connectivity index (χ2v) is 4.32. The van der Waals surface area contributed by atoms with Crippen LogP contribution in [0.5, 0.6) is 0 Å². The fraction of sp³-hybridized carbons (Fsp3) is 0.357. The van der Waals surface area contributed by atoms with Crippen LogP contribution in [0, 0.1) is 0 Å². The number of benzene rings is 1. The topological polar surface area (TPSA) is 37.3 Å². The molecule has 104 valence electrons. The molecule has 19 heavy (non-hydrogen) atoms. The van der Waals surface area contributed by atoms with E-state index in [-0.39, 0.29) is 11.6 Å². The van der Waals surface area contributed by atoms with Crippen molar-refractivity contribution in [3.05, 3.63) is 41.5 Å². The van der Waals surface area contributed by atoms with E-state index < -0.39 is 17.7 Å². The molecule has 0 saturated carbocycles. The number of aliphatic hydroxyl groups excluding tert-OH is 1. The van der Waals surface area contributed by atoms with Crippen LogP contribution in [-0.2, 0) is 4.79 Å². The van der Waals surface area contributed by atoms with Crippen molar-refractivity contribution in [1.82, 2.24) is 0 Å². The van der Waals surface area contributed by atoms with Gasteiger partial charge in [-0.2, -0.15) is 13.2 Å². The predicted octanol–water partition coefficient (Wildman–Crippen LogP) is 4.23. The summed E-state index contributed by atoms with van der Waals surface area (Å²) in [6.45, 7) is 4.05. The fourth-order valence-electron chi connectivity index (χ4n) is 1.51. The molecule has 0 saturated heterocycles. The Labute approximate surface area is 109 Å². The van der Waals surface area contributed by atoms with Crippen LogP contribution in [0.15, 0.2) is 30.3 Å². The van der Waals surface area contributed by atoms with Crippen molar-refractivity contribution in [2.24, 2.45) is 0 Å². The monoisotopic (exact) mass is 272 g/mol. The average Bonchev–Trinajstić information content (AvgIpc) is 2.36. The molecule has 1 rings (SSSR count). The van der Waals surface area contributed by atoms with E-state index in [1.807, 2.05) is 13.8 Å². The van der Waals surface area contributed by atoms with E-state index in [9.17, 15) is 23.1 Å². The Morgan fingerprint density at radius 3 is 2.26 bits per heavy atom. The first-order valence-electron chi connectivity index (χ1n) is 5.87. The van der Waals surface area contributed by atoms with Gasteiger partial charge in [0.05, 0.1) is 0 Å². The maximum absolute atomic E-state index is 12.0. The zero-order valence-corrected chi connectivity index (χ0v) is 10.7. The number of hydrogen-bond acceptors (Lipinski definition) is 2. The van der Waals surface area contributed by atoms with E-state index in [2.05, 4.69) is 0 Å². The van der Waals surface area contributed by atoms with E-state index in [0.717, 1.165) is 12.0 Å². The molecular weight excluding hydrogens is 257 g/mol. The van der Waals surface area contributed by atoms with E-state index >= 15 is 0 Å². The van der Waals surface area contributed by atoms with Gasteiger partial charge in [0.2, 0.25) is 0 Å². The number of carbonyl (C=O) groups is 1. The highest BCUT2D eigenvalue weighted by Gasteiger charge is 2.36. The SMILES string of the molecule is CCC(C)c1ccc(C(O)=CC(=O)C(F)(F)F)cc1. The van der Waals surface area contributed by atoms with Gasteiger partial charge in [-0.15, -0.1) is 0 Å². The van der Waals surface area contributed by atoms with Crippen molar-refractivity contribution in [2.45, 2.75) is 32.4 Å². The van der Waals surface area contributed by atoms with Crippen LogP contribution in [0.25, 0.3) is 5.76 Å². The molecule has 0 spiro atoms. The van der Waals surface area contributed by atoms with Crippen molar-refractivity contribution in [2.75, 3.05) is 0 Å². The summed E-state index contributed by atoms with van der Waals surface area (Å²) in [6.07, 6.45) is -3.84. The summed E-state index contributed by atoms with van der Waals surface area (Å²) in [5, 5.41) is 9.48. The molecule has 0 aliphatic carbocycles. The molecule has 0 fully saturated rings. The summed E-state index contributed by atoms with van der Waals surface area (Å²) in [5.74, 6) is -2.42. The van der Waals surface area contributed by atoms with Crippen molar-refractivity contribution in [3.8, 4) is 0 Å². The molecule has 0 amide bonds. The Morgan fingerprint density at radius 1 is 1.32 bits per heavy atom. The average molecular weight is 272 g/mol. The standard InChI is InChI=1S/C14H15F3O2/c1-3-9(2)10-4-6-11(7-5-10)12(18)8-13(19)14(15,16)17/h4-9,18H,3H2,1-2H3. The minimum Gasteiger partial charge on any atom is -0.507 e. The maximum Gasteiger partial charge on any atom is 0.454 e. The van der Waals surface area contributed by atoms with Crippen LogP contribution < -0.4 is 0 Å². The summed E-state index contributed by atoms with van der Waals surface area (Å²) in [7, 11) is 0. The first-order valence-corrected chi connectivity index (χ1v) is 5.87. The lowest BCUT2D eigenvalue weighted by Gasteiger charge is -2.09. The van der Waals surface area contributed by atoms with Gasteiger partial charge in [-0.25, -0.2) is 0 Å². The highest BCUT2D eigenvalue weighted by atomic mass is 19.4. The summed E-state index contributed by atoms with van der Waals surface area (Å²) in [5.41, 5.74) is 1.21. The molecule has 1 atom stereocenters. The Hall–Kier alpha value is -1.78. The molecule has 1 aromatic rings. The van der Waals surface area contributed by atoms with Gasteiger partial charge in [-0.3, -0.25) is 4.79 Å². The smallest absolute Gasteiger partial charge is 0.454 e. The highest BCUT2D eigenvalue weighted by molar-refractivity contribution is 5.99. The van der Waals surface area contributed by atoms with E-state index in [4.69, 9.17) is 0 Å². The molecule has 1 aromatic carbocycles. The van der Waals surface area contributed by atoms with Crippen molar-refractivity contribution >= 4 is 11.5 Å². The fourth-order valence-corrected chi connectivity index (χ4v) is 1.51. The van der Waals surface area contributed by atoms with Gasteiger partial charge in [0.15, 0.2) is 0 Å². The lowest BCUT2D eigenvalue weighted by molar-refractivity contribution is -0.165. The Bertz CT molecular complexity index is 472. The van der Waals surface area contributed by atoms with Gasteiger partial charge in [0.1, 0.15) is 5.76 Å². The number of rotatable bonds is 4. The van der Waals surface area contributed by atoms with Gasteiger partial charge in [0, 0.05) is 11.6 Å². The van der Waals surface area contributed by atoms with Gasteiger partial charge in [0.25, 0.3) is 5.78 Å². The van der Waals surface area contributed by atoms with E-state index in [1.54, 1.807) is 12.1 Å². The van der Waals surface area contributed by atoms with Crippen molar-refractivity contribution in [1.29, 1.82) is 0 Å². The zero-order valence-electron chi connectivity index (χ0n) is 10.7. The van der Waals surface area contributed by atoms with Gasteiger partial charge in [-0.05, 0) is 17.9 Å². The van der Waals surface area contributed by atoms with Crippen LogP contribution >= 0.6 is 0 Å². The molecule has 1 N–H and O–H groups in total. The second kappa shape index (κ2) is 5.91. The molecule has 0 aliphatic rings. The van der Waals surface area contributed by atoms with Crippen molar-refractivity contribution in [3.63, 3.8) is 0 Å². The summed E-state index contributed by atoms with van der Waals surface area (Å²) < 4.78 is 36.1. The Morgan fingerprint density at radius 2 is 1.84 bits per heavy atom. The molecule has 0 bridgehead atoms. The number of hydrogen-bond donors (Lipinski definition) is 1. The number of alkyl halides is 3. The van der Waals surface area contributed by atoms with E-state index in [1.165, 1.54) is 12.1 Å². The molecule has 1 unspecified atom stereocenters. The summed E-state index contributed by atoms with van der Waals surface area (Å²) in [6, 6.07) is 6.45. The minimum absolute atomic E-state index is 0.185. The molecular formula is C14H15F3O2. The number of aliphatic hydroxyl groups is 1. The van der Waals surface area contributed by atoms with Gasteiger partial charge < -0.3 is 5.11 Å². The maximum atomic E-state index is 12.0. The number of ketones is 1. The number of carbonyl (C=O) groups excluding carboxylic acids is 1. The van der Waals surface area contributed by atoms with Crippen LogP contribution in [0.3, 0.4) is 0 Å². The minimum atomic E-state index is -4.97. The van der Waals surface area contributed by atoms with Crippen molar-refractivity contribution < 1.29 is 23.1 Å². The van der Waals surface area contributed by atoms with E-state index in [0.29, 0.717) is 5.92 Å². The summed E-state index contributed by atoms with van der Waals surface area (Å²) >= 11 is 0. The molecule has 0 radical (unpaired) electrons. The third-order valence-corrected chi connectivity index (χ3v) is 2.94. The number of allylic oxidation sites excluding steroid dienone is 1. The third kappa shape index (κ3) is 4.12. The first kappa shape index (κ1) is 15.3. The van der Waals surface area contributed by atoms with Crippen LogP contribution in [0.4, 0.5) is 13.2 Å². The normalized spacial score (nSPS) is 14.3. The number of halogens is 3. The first-order chi connectivity index (χ1) is 8.75. The van der Waals surface area contributed by atoms with Crippen LogP contribution in [0.2, 0.25) is 0 Å². The lowest BCUT2D eigenvalue weighted by atomic mass is 9.97. The van der Waals surface area contributed by atoms with Crippen LogP contribution in [-0.4, -0.2) is 17.1 Å². The third-order valence-electron chi connectivity index (χ3n) is 2.94. The molecule has 5 heteroatoms. The Kier molecular flexibility index (Phi) is 4.75. The quantitative estimate of drug-likeness (QED) is 0.657. The zero-order chi connectivity index (χ0) is 14.6. The van der Waals surface area contributed by atoms with Crippen LogP contribution in [0.1, 0.15) is 37.3 Å². The van der Waals surface area contributed by atoms with Gasteiger partial charge in [-0.1, -0.05) is 38.1 Å². The summed E-state index contributed by atoms with van der Waals surface area (Å²) in [4.78, 5) is 10.7. The Balaban J connectivity index is 2.92. The molecule has 0 aliphatic heterocycles. The molecule has 0 heterocycles. The second-order valence-electron chi connectivity index (χ2n) is 4.32.